The number of tetrazole rings is 1. The lowest BCUT2D eigenvalue weighted by Gasteiger charge is -2.28. The van der Waals surface area contributed by atoms with Crippen molar-refractivity contribution in [2.24, 2.45) is 0 Å². The van der Waals surface area contributed by atoms with Gasteiger partial charge < -0.3 is 10.1 Å². The summed E-state index contributed by atoms with van der Waals surface area (Å²) in [7, 11) is 1.61. The fraction of sp³-hybridized carbons (Fsp3) is 0.105. The minimum atomic E-state index is -0.440. The number of H-pyrrole nitrogens is 1. The third-order valence-corrected chi connectivity index (χ3v) is 5.27. The minimum absolute atomic E-state index is 0.346. The zero-order valence-corrected chi connectivity index (χ0v) is 16.7. The van der Waals surface area contributed by atoms with Crippen molar-refractivity contribution in [3.63, 3.8) is 0 Å². The average Bonchev–Trinajstić information content (AvgIpc) is 3.21. The first-order valence-corrected chi connectivity index (χ1v) is 9.52. The predicted octanol–water partition coefficient (Wildman–Crippen LogP) is 2.89. The molecule has 5 rings (SSSR count). The van der Waals surface area contributed by atoms with Crippen LogP contribution in [-0.2, 0) is 0 Å². The molecule has 9 nitrogen and oxygen atoms in total. The molecule has 0 saturated carbocycles. The van der Waals surface area contributed by atoms with Crippen molar-refractivity contribution in [3.05, 3.63) is 74.5 Å². The van der Waals surface area contributed by atoms with E-state index in [-0.39, 0.29) is 5.56 Å². The van der Waals surface area contributed by atoms with Crippen LogP contribution in [0.2, 0.25) is 0 Å². The summed E-state index contributed by atoms with van der Waals surface area (Å²) in [5.74, 6) is 1.07. The van der Waals surface area contributed by atoms with Crippen LogP contribution >= 0.6 is 15.9 Å². The van der Waals surface area contributed by atoms with E-state index in [0.29, 0.717) is 28.6 Å². The van der Waals surface area contributed by atoms with Crippen LogP contribution in [-0.4, -0.2) is 37.5 Å². The van der Waals surface area contributed by atoms with Gasteiger partial charge in [0.25, 0.3) is 5.56 Å². The van der Waals surface area contributed by atoms with Gasteiger partial charge in [-0.3, -0.25) is 4.79 Å². The molecular formula is C19H14BrN7O2. The number of rotatable bonds is 3. The lowest BCUT2D eigenvalue weighted by molar-refractivity contribution is 0.415. The first-order valence-electron chi connectivity index (χ1n) is 8.73. The fourth-order valence-electron chi connectivity index (χ4n) is 3.51. The van der Waals surface area contributed by atoms with E-state index in [1.54, 1.807) is 11.8 Å². The van der Waals surface area contributed by atoms with E-state index in [1.165, 1.54) is 0 Å². The van der Waals surface area contributed by atoms with Gasteiger partial charge in [-0.05, 0) is 40.3 Å². The number of hydrogen-bond donors (Lipinski definition) is 2. The number of nitrogens with one attached hydrogen (secondary N) is 2. The van der Waals surface area contributed by atoms with Crippen LogP contribution < -0.4 is 15.6 Å². The molecule has 0 bridgehead atoms. The second-order valence-electron chi connectivity index (χ2n) is 6.45. The van der Waals surface area contributed by atoms with Gasteiger partial charge in [-0.1, -0.05) is 45.3 Å². The van der Waals surface area contributed by atoms with E-state index in [9.17, 15) is 4.79 Å². The highest BCUT2D eigenvalue weighted by Gasteiger charge is 2.34. The first-order chi connectivity index (χ1) is 14.2. The SMILES string of the molecule is COc1cccc(-c2n[nH]c(=O)c3c2[C@@H](c2cccc(Br)c2)n2nnnc2N3)c1. The quantitative estimate of drug-likeness (QED) is 0.433. The minimum Gasteiger partial charge on any atom is -0.497 e. The monoisotopic (exact) mass is 451 g/mol. The standard InChI is InChI=1S/C19H14BrN7O2/c1-29-13-7-3-4-10(9-13)15-14-16(18(28)23-22-15)21-19-24-25-26-27(19)17(14)11-5-2-6-12(20)8-11/h2-9,17H,1H3,(H,23,28)(H,21,24,26)/t17-/m1/s1. The van der Waals surface area contributed by atoms with E-state index >= 15 is 0 Å². The van der Waals surface area contributed by atoms with Crippen molar-refractivity contribution in [1.82, 2.24) is 30.4 Å². The van der Waals surface area contributed by atoms with Crippen LogP contribution in [0.3, 0.4) is 0 Å². The summed E-state index contributed by atoms with van der Waals surface area (Å²) in [5.41, 5.74) is 3.02. The van der Waals surface area contributed by atoms with Crippen LogP contribution in [0.15, 0.2) is 57.8 Å². The molecule has 1 aliphatic rings. The molecule has 0 fully saturated rings. The van der Waals surface area contributed by atoms with Gasteiger partial charge in [0.1, 0.15) is 17.5 Å². The second kappa shape index (κ2) is 6.82. The maximum Gasteiger partial charge on any atom is 0.288 e. The zero-order chi connectivity index (χ0) is 20.0. The van der Waals surface area contributed by atoms with Crippen LogP contribution in [0.5, 0.6) is 5.75 Å². The summed E-state index contributed by atoms with van der Waals surface area (Å²) >= 11 is 3.52. The Labute approximate surface area is 172 Å². The molecule has 0 aliphatic carbocycles. The number of anilines is 2. The third-order valence-electron chi connectivity index (χ3n) is 4.78. The fourth-order valence-corrected chi connectivity index (χ4v) is 3.93. The number of aromatic nitrogens is 6. The number of hydrogen-bond acceptors (Lipinski definition) is 7. The molecule has 0 spiro atoms. The van der Waals surface area contributed by atoms with Crippen molar-refractivity contribution in [2.75, 3.05) is 12.4 Å². The van der Waals surface area contributed by atoms with Gasteiger partial charge in [0.15, 0.2) is 0 Å². The van der Waals surface area contributed by atoms with E-state index < -0.39 is 6.04 Å². The molecule has 10 heteroatoms. The van der Waals surface area contributed by atoms with E-state index in [0.717, 1.165) is 15.6 Å². The van der Waals surface area contributed by atoms with Crippen molar-refractivity contribution in [1.29, 1.82) is 0 Å². The summed E-state index contributed by atoms with van der Waals surface area (Å²) in [6, 6.07) is 14.9. The summed E-state index contributed by atoms with van der Waals surface area (Å²) in [4.78, 5) is 12.7. The molecule has 0 saturated heterocycles. The van der Waals surface area contributed by atoms with Gasteiger partial charge in [-0.15, -0.1) is 0 Å². The highest BCUT2D eigenvalue weighted by molar-refractivity contribution is 9.10. The number of nitrogens with zero attached hydrogens (tertiary/aromatic N) is 5. The van der Waals surface area contributed by atoms with Crippen LogP contribution in [0, 0.1) is 0 Å². The molecule has 0 unspecified atom stereocenters. The van der Waals surface area contributed by atoms with Gasteiger partial charge in [-0.25, -0.2) is 5.10 Å². The zero-order valence-electron chi connectivity index (χ0n) is 15.1. The number of fused-ring (bicyclic) bond motifs is 2. The molecule has 1 aliphatic heterocycles. The number of methoxy groups -OCH3 is 1. The lowest BCUT2D eigenvalue weighted by Crippen LogP contribution is -2.29. The molecule has 29 heavy (non-hydrogen) atoms. The Morgan fingerprint density at radius 2 is 2.03 bits per heavy atom. The number of halogens is 1. The van der Waals surface area contributed by atoms with Gasteiger partial charge in [-0.2, -0.15) is 9.78 Å². The van der Waals surface area contributed by atoms with Gasteiger partial charge >= 0.3 is 0 Å². The molecule has 0 amide bonds. The van der Waals surface area contributed by atoms with E-state index in [1.807, 2.05) is 48.5 Å². The Morgan fingerprint density at radius 3 is 2.86 bits per heavy atom. The Balaban J connectivity index is 1.82. The van der Waals surface area contributed by atoms with Crippen LogP contribution in [0.4, 0.5) is 11.6 Å². The van der Waals surface area contributed by atoms with E-state index in [4.69, 9.17) is 4.74 Å². The molecule has 2 N–H and O–H groups in total. The molecule has 1 atom stereocenters. The van der Waals surface area contributed by atoms with Crippen molar-refractivity contribution in [3.8, 4) is 17.0 Å². The van der Waals surface area contributed by atoms with Crippen LogP contribution in [0.1, 0.15) is 17.2 Å². The Kier molecular flexibility index (Phi) is 4.13. The summed E-state index contributed by atoms with van der Waals surface area (Å²) in [6.45, 7) is 0. The first kappa shape index (κ1) is 17.6. The van der Waals surface area contributed by atoms with Crippen molar-refractivity contribution in [2.45, 2.75) is 6.04 Å². The Hall–Kier alpha value is -3.53. The summed E-state index contributed by atoms with van der Waals surface area (Å²) < 4.78 is 7.91. The maximum atomic E-state index is 12.7. The van der Waals surface area contributed by atoms with Gasteiger partial charge in [0, 0.05) is 15.6 Å². The Bertz CT molecular complexity index is 1280. The maximum absolute atomic E-state index is 12.7. The highest BCUT2D eigenvalue weighted by Crippen LogP contribution is 2.41. The predicted molar refractivity (Wildman–Crippen MR) is 109 cm³/mol. The number of ether oxygens (including phenoxy) is 1. The topological polar surface area (TPSA) is 111 Å². The molecule has 4 aromatic rings. The molecule has 144 valence electrons. The largest absolute Gasteiger partial charge is 0.497 e. The molecule has 2 aromatic carbocycles. The molecule has 0 radical (unpaired) electrons. The number of aromatic amines is 1. The second-order valence-corrected chi connectivity index (χ2v) is 7.37. The Morgan fingerprint density at radius 1 is 1.17 bits per heavy atom. The number of benzene rings is 2. The normalized spacial score (nSPS) is 14.6. The molecule has 3 heterocycles. The average molecular weight is 452 g/mol. The third kappa shape index (κ3) is 2.88. The van der Waals surface area contributed by atoms with Crippen molar-refractivity contribution < 1.29 is 4.74 Å². The molecule has 2 aromatic heterocycles. The smallest absolute Gasteiger partial charge is 0.288 e. The van der Waals surface area contributed by atoms with E-state index in [2.05, 4.69) is 47.0 Å². The lowest BCUT2D eigenvalue weighted by atomic mass is 9.92. The van der Waals surface area contributed by atoms with Gasteiger partial charge in [0.05, 0.1) is 12.8 Å². The summed E-state index contributed by atoms with van der Waals surface area (Å²) in [5, 5.41) is 21.9. The van der Waals surface area contributed by atoms with Gasteiger partial charge in [0.2, 0.25) is 5.95 Å². The van der Waals surface area contributed by atoms with Crippen LogP contribution in [0.25, 0.3) is 11.3 Å². The highest BCUT2D eigenvalue weighted by atomic mass is 79.9. The molecular weight excluding hydrogens is 438 g/mol. The van der Waals surface area contributed by atoms with Crippen molar-refractivity contribution >= 4 is 27.6 Å². The summed E-state index contributed by atoms with van der Waals surface area (Å²) in [6.07, 6.45) is 0.